The van der Waals surface area contributed by atoms with E-state index in [2.05, 4.69) is 5.32 Å². The molecular weight excluding hydrogens is 385 g/mol. The van der Waals surface area contributed by atoms with Crippen molar-refractivity contribution >= 4 is 18.0 Å². The summed E-state index contributed by atoms with van der Waals surface area (Å²) >= 11 is 0. The van der Waals surface area contributed by atoms with Crippen molar-refractivity contribution in [3.05, 3.63) is 89.9 Å². The molecule has 3 aromatic rings. The number of hydrogen-bond donors (Lipinski definition) is 1. The number of esters is 1. The molecule has 1 saturated carbocycles. The van der Waals surface area contributed by atoms with Gasteiger partial charge in [0.25, 0.3) is 5.91 Å². The molecule has 1 aliphatic carbocycles. The quantitative estimate of drug-likeness (QED) is 0.458. The van der Waals surface area contributed by atoms with Gasteiger partial charge in [-0.05, 0) is 43.2 Å². The average Bonchev–Trinajstić information content (AvgIpc) is 3.45. The Morgan fingerprint density at radius 2 is 1.77 bits per heavy atom. The van der Waals surface area contributed by atoms with E-state index in [0.29, 0.717) is 22.6 Å². The van der Waals surface area contributed by atoms with Crippen LogP contribution in [-0.4, -0.2) is 17.9 Å². The minimum Gasteiger partial charge on any atom is -0.457 e. The summed E-state index contributed by atoms with van der Waals surface area (Å²) in [4.78, 5) is 24.9. The van der Waals surface area contributed by atoms with Crippen LogP contribution < -0.4 is 5.32 Å². The molecule has 1 atom stereocenters. The first-order chi connectivity index (χ1) is 14.6. The molecule has 0 aliphatic heterocycles. The maximum atomic E-state index is 13.9. The van der Waals surface area contributed by atoms with Crippen molar-refractivity contribution in [1.82, 2.24) is 5.32 Å². The van der Waals surface area contributed by atoms with Crippen molar-refractivity contribution in [1.29, 1.82) is 0 Å². The largest absolute Gasteiger partial charge is 0.457 e. The van der Waals surface area contributed by atoms with Crippen LogP contribution in [0.4, 0.5) is 4.39 Å². The number of benzene rings is 2. The Hall–Kier alpha value is -3.67. The van der Waals surface area contributed by atoms with Crippen LogP contribution in [0.2, 0.25) is 0 Å². The van der Waals surface area contributed by atoms with Crippen LogP contribution in [0.25, 0.3) is 17.4 Å². The second kappa shape index (κ2) is 8.78. The third-order valence-electron chi connectivity index (χ3n) is 4.65. The van der Waals surface area contributed by atoms with Gasteiger partial charge in [0.15, 0.2) is 0 Å². The van der Waals surface area contributed by atoms with Crippen LogP contribution in [0.5, 0.6) is 0 Å². The highest BCUT2D eigenvalue weighted by molar-refractivity contribution is 5.91. The van der Waals surface area contributed by atoms with Gasteiger partial charge in [0, 0.05) is 17.7 Å². The van der Waals surface area contributed by atoms with Crippen LogP contribution in [0.3, 0.4) is 0 Å². The van der Waals surface area contributed by atoms with Gasteiger partial charge in [-0.3, -0.25) is 4.79 Å². The molecule has 152 valence electrons. The Morgan fingerprint density at radius 3 is 2.50 bits per heavy atom. The van der Waals surface area contributed by atoms with E-state index < -0.39 is 17.9 Å². The van der Waals surface area contributed by atoms with Gasteiger partial charge in [0.05, 0.1) is 5.56 Å². The van der Waals surface area contributed by atoms with E-state index in [1.807, 2.05) is 6.07 Å². The Labute approximate surface area is 173 Å². The molecule has 1 fully saturated rings. The zero-order valence-corrected chi connectivity index (χ0v) is 16.1. The van der Waals surface area contributed by atoms with E-state index >= 15 is 0 Å². The van der Waals surface area contributed by atoms with Gasteiger partial charge in [-0.15, -0.1) is 0 Å². The normalized spacial score (nSPS) is 14.4. The Balaban J connectivity index is 1.45. The molecule has 30 heavy (non-hydrogen) atoms. The molecular formula is C24H20FNO4. The summed E-state index contributed by atoms with van der Waals surface area (Å²) < 4.78 is 24.9. The van der Waals surface area contributed by atoms with Gasteiger partial charge in [-0.1, -0.05) is 42.5 Å². The SMILES string of the molecule is O=C(/C=C/c1ccc(-c2ccccc2F)o1)O[C@H](C(=O)NC1CC1)c1ccccc1. The molecule has 0 radical (unpaired) electrons. The number of nitrogens with one attached hydrogen (secondary N) is 1. The third-order valence-corrected chi connectivity index (χ3v) is 4.65. The first-order valence-corrected chi connectivity index (χ1v) is 9.69. The molecule has 6 heteroatoms. The molecule has 0 saturated heterocycles. The predicted octanol–water partition coefficient (Wildman–Crippen LogP) is 4.66. The lowest BCUT2D eigenvalue weighted by atomic mass is 10.1. The van der Waals surface area contributed by atoms with Crippen LogP contribution >= 0.6 is 0 Å². The minimum atomic E-state index is -1.03. The summed E-state index contributed by atoms with van der Waals surface area (Å²) in [7, 11) is 0. The topological polar surface area (TPSA) is 68.5 Å². The zero-order chi connectivity index (χ0) is 20.9. The highest BCUT2D eigenvalue weighted by Gasteiger charge is 2.30. The van der Waals surface area contributed by atoms with Crippen molar-refractivity contribution < 1.29 is 23.1 Å². The predicted molar refractivity (Wildman–Crippen MR) is 110 cm³/mol. The number of amides is 1. The molecule has 0 bridgehead atoms. The fraction of sp³-hybridized carbons (Fsp3) is 0.167. The summed E-state index contributed by atoms with van der Waals surface area (Å²) in [6.07, 6.45) is 3.45. The fourth-order valence-corrected chi connectivity index (χ4v) is 2.96. The van der Waals surface area contributed by atoms with Gasteiger partial charge in [0.1, 0.15) is 17.3 Å². The summed E-state index contributed by atoms with van der Waals surface area (Å²) in [6, 6.07) is 18.5. The molecule has 0 unspecified atom stereocenters. The van der Waals surface area contributed by atoms with E-state index in [-0.39, 0.29) is 11.9 Å². The highest BCUT2D eigenvalue weighted by atomic mass is 19.1. The standard InChI is InChI=1S/C24H20FNO4/c25-20-9-5-4-8-19(20)21-14-12-18(29-21)13-15-22(27)30-23(16-6-2-1-3-7-16)24(28)26-17-10-11-17/h1-9,12-15,17,23H,10-11H2,(H,26,28)/b15-13+/t23-/m0/s1. The molecule has 2 aromatic carbocycles. The van der Waals surface area contributed by atoms with Crippen molar-refractivity contribution in [2.24, 2.45) is 0 Å². The first-order valence-electron chi connectivity index (χ1n) is 9.69. The number of carbonyl (C=O) groups excluding carboxylic acids is 2. The summed E-state index contributed by atoms with van der Waals surface area (Å²) in [5.41, 5.74) is 0.929. The fourth-order valence-electron chi connectivity index (χ4n) is 2.96. The minimum absolute atomic E-state index is 0.151. The lowest BCUT2D eigenvalue weighted by molar-refractivity contribution is -0.151. The molecule has 1 aliphatic rings. The van der Waals surface area contributed by atoms with Crippen molar-refractivity contribution in [2.75, 3.05) is 0 Å². The van der Waals surface area contributed by atoms with E-state index in [9.17, 15) is 14.0 Å². The van der Waals surface area contributed by atoms with E-state index in [1.165, 1.54) is 18.2 Å². The second-order valence-corrected chi connectivity index (χ2v) is 7.03. The van der Waals surface area contributed by atoms with Gasteiger partial charge < -0.3 is 14.5 Å². The van der Waals surface area contributed by atoms with Crippen LogP contribution in [0, 0.1) is 5.82 Å². The van der Waals surface area contributed by atoms with E-state index in [1.54, 1.807) is 54.6 Å². The molecule has 1 amide bonds. The smallest absolute Gasteiger partial charge is 0.332 e. The van der Waals surface area contributed by atoms with Crippen LogP contribution in [0.15, 0.2) is 77.2 Å². The number of halogens is 1. The molecule has 5 nitrogen and oxygen atoms in total. The summed E-state index contributed by atoms with van der Waals surface area (Å²) in [5, 5.41) is 2.86. The lowest BCUT2D eigenvalue weighted by Gasteiger charge is -2.17. The average molecular weight is 405 g/mol. The van der Waals surface area contributed by atoms with E-state index in [4.69, 9.17) is 9.15 Å². The van der Waals surface area contributed by atoms with Gasteiger partial charge >= 0.3 is 5.97 Å². The maximum Gasteiger partial charge on any atom is 0.332 e. The monoisotopic (exact) mass is 405 g/mol. The van der Waals surface area contributed by atoms with Crippen molar-refractivity contribution in [2.45, 2.75) is 25.0 Å². The molecule has 1 heterocycles. The van der Waals surface area contributed by atoms with Gasteiger partial charge in [-0.2, -0.15) is 0 Å². The molecule has 1 N–H and O–H groups in total. The number of hydrogen-bond acceptors (Lipinski definition) is 4. The van der Waals surface area contributed by atoms with Crippen LogP contribution in [-0.2, 0) is 14.3 Å². The number of ether oxygens (including phenoxy) is 1. The number of carbonyl (C=O) groups is 2. The van der Waals surface area contributed by atoms with E-state index in [0.717, 1.165) is 12.8 Å². The first kappa shape index (κ1) is 19.6. The molecule has 1 aromatic heterocycles. The maximum absolute atomic E-state index is 13.9. The van der Waals surface area contributed by atoms with Gasteiger partial charge in [-0.25, -0.2) is 9.18 Å². The zero-order valence-electron chi connectivity index (χ0n) is 16.1. The lowest BCUT2D eigenvalue weighted by Crippen LogP contribution is -2.33. The number of rotatable bonds is 7. The summed E-state index contributed by atoms with van der Waals surface area (Å²) in [6.45, 7) is 0. The molecule has 4 rings (SSSR count). The Bertz CT molecular complexity index is 1070. The third kappa shape index (κ3) is 4.84. The Morgan fingerprint density at radius 1 is 1.03 bits per heavy atom. The number of furan rings is 1. The second-order valence-electron chi connectivity index (χ2n) is 7.03. The van der Waals surface area contributed by atoms with Crippen molar-refractivity contribution in [3.8, 4) is 11.3 Å². The summed E-state index contributed by atoms with van der Waals surface area (Å²) in [5.74, 6) is -0.700. The highest BCUT2D eigenvalue weighted by Crippen LogP contribution is 2.26. The molecule has 0 spiro atoms. The van der Waals surface area contributed by atoms with Crippen LogP contribution in [0.1, 0.15) is 30.3 Å². The van der Waals surface area contributed by atoms with Gasteiger partial charge in [0.2, 0.25) is 6.10 Å². The van der Waals surface area contributed by atoms with Crippen molar-refractivity contribution in [3.63, 3.8) is 0 Å². The Kier molecular flexibility index (Phi) is 5.75.